The molecule has 0 unspecified atom stereocenters. The molecule has 0 bridgehead atoms. The summed E-state index contributed by atoms with van der Waals surface area (Å²) in [4.78, 5) is 13.3. The molecule has 2 rings (SSSR count). The molecular formula is C15H20FNO3. The Hall–Kier alpha value is -1.78. The van der Waals surface area contributed by atoms with Gasteiger partial charge in [-0.2, -0.15) is 0 Å². The first-order valence-electron chi connectivity index (χ1n) is 6.99. The fourth-order valence-corrected chi connectivity index (χ4v) is 2.24. The molecule has 0 N–H and O–H groups in total. The van der Waals surface area contributed by atoms with E-state index in [1.807, 2.05) is 0 Å². The minimum absolute atomic E-state index is 0.231. The van der Waals surface area contributed by atoms with Crippen LogP contribution in [0.2, 0.25) is 0 Å². The maximum atomic E-state index is 12.8. The van der Waals surface area contributed by atoms with Crippen molar-refractivity contribution < 1.29 is 18.7 Å². The van der Waals surface area contributed by atoms with Crippen LogP contribution in [-0.4, -0.2) is 37.3 Å². The second-order valence-corrected chi connectivity index (χ2v) is 4.89. The zero-order valence-electron chi connectivity index (χ0n) is 11.7. The van der Waals surface area contributed by atoms with Crippen LogP contribution in [0.5, 0.6) is 5.75 Å². The van der Waals surface area contributed by atoms with Crippen LogP contribution in [0.3, 0.4) is 0 Å². The molecule has 1 amide bonds. The topological polar surface area (TPSA) is 38.8 Å². The monoisotopic (exact) mass is 281 g/mol. The van der Waals surface area contributed by atoms with Gasteiger partial charge in [0.15, 0.2) is 0 Å². The van der Waals surface area contributed by atoms with E-state index < -0.39 is 0 Å². The van der Waals surface area contributed by atoms with Gasteiger partial charge in [-0.25, -0.2) is 9.18 Å². The number of piperidine rings is 1. The summed E-state index contributed by atoms with van der Waals surface area (Å²) in [5.74, 6) is 0.838. The number of rotatable bonds is 4. The van der Waals surface area contributed by atoms with Crippen LogP contribution in [-0.2, 0) is 4.74 Å². The van der Waals surface area contributed by atoms with Crippen LogP contribution in [0.15, 0.2) is 24.3 Å². The summed E-state index contributed by atoms with van der Waals surface area (Å²) >= 11 is 0. The molecule has 20 heavy (non-hydrogen) atoms. The van der Waals surface area contributed by atoms with Crippen molar-refractivity contribution in [1.29, 1.82) is 0 Å². The standard InChI is InChI=1S/C15H20FNO3/c1-2-19-15(18)17-9-7-12(8-10-17)11-20-14-5-3-13(16)4-6-14/h3-6,12H,2,7-11H2,1H3. The molecule has 0 saturated carbocycles. The van der Waals surface area contributed by atoms with Crippen LogP contribution >= 0.6 is 0 Å². The maximum Gasteiger partial charge on any atom is 0.409 e. The van der Waals surface area contributed by atoms with Crippen LogP contribution < -0.4 is 4.74 Å². The fourth-order valence-electron chi connectivity index (χ4n) is 2.24. The Labute approximate surface area is 118 Å². The van der Waals surface area contributed by atoms with E-state index in [2.05, 4.69) is 0 Å². The number of amides is 1. The Morgan fingerprint density at radius 1 is 1.30 bits per heavy atom. The molecular weight excluding hydrogens is 261 g/mol. The maximum absolute atomic E-state index is 12.8. The second-order valence-electron chi connectivity index (χ2n) is 4.89. The number of carbonyl (C=O) groups excluding carboxylic acids is 1. The van der Waals surface area contributed by atoms with Crippen molar-refractivity contribution >= 4 is 6.09 Å². The van der Waals surface area contributed by atoms with E-state index in [-0.39, 0.29) is 11.9 Å². The van der Waals surface area contributed by atoms with Gasteiger partial charge in [0.1, 0.15) is 11.6 Å². The van der Waals surface area contributed by atoms with E-state index in [0.29, 0.717) is 38.0 Å². The number of nitrogens with zero attached hydrogens (tertiary/aromatic N) is 1. The summed E-state index contributed by atoms with van der Waals surface area (Å²) in [6.07, 6.45) is 1.57. The zero-order chi connectivity index (χ0) is 14.4. The van der Waals surface area contributed by atoms with Gasteiger partial charge >= 0.3 is 6.09 Å². The van der Waals surface area contributed by atoms with Gasteiger partial charge in [0.05, 0.1) is 13.2 Å². The molecule has 1 aliphatic heterocycles. The van der Waals surface area contributed by atoms with Crippen molar-refractivity contribution in [3.63, 3.8) is 0 Å². The molecule has 4 nitrogen and oxygen atoms in total. The van der Waals surface area contributed by atoms with Crippen LogP contribution in [0.1, 0.15) is 19.8 Å². The third kappa shape index (κ3) is 4.11. The van der Waals surface area contributed by atoms with Crippen LogP contribution in [0.4, 0.5) is 9.18 Å². The molecule has 1 heterocycles. The summed E-state index contributed by atoms with van der Waals surface area (Å²) in [7, 11) is 0. The Balaban J connectivity index is 1.72. The van der Waals surface area contributed by atoms with E-state index in [0.717, 1.165) is 12.8 Å². The lowest BCUT2D eigenvalue weighted by Gasteiger charge is -2.31. The van der Waals surface area contributed by atoms with Gasteiger partial charge in [-0.1, -0.05) is 0 Å². The molecule has 110 valence electrons. The van der Waals surface area contributed by atoms with Gasteiger partial charge < -0.3 is 14.4 Å². The lowest BCUT2D eigenvalue weighted by atomic mass is 9.98. The van der Waals surface area contributed by atoms with Crippen molar-refractivity contribution in [2.45, 2.75) is 19.8 Å². The largest absolute Gasteiger partial charge is 0.493 e. The third-order valence-corrected chi connectivity index (χ3v) is 3.44. The van der Waals surface area contributed by atoms with E-state index >= 15 is 0 Å². The summed E-state index contributed by atoms with van der Waals surface area (Å²) in [5, 5.41) is 0. The molecule has 1 aliphatic rings. The number of benzene rings is 1. The third-order valence-electron chi connectivity index (χ3n) is 3.44. The highest BCUT2D eigenvalue weighted by atomic mass is 19.1. The highest BCUT2D eigenvalue weighted by Gasteiger charge is 2.23. The Morgan fingerprint density at radius 2 is 1.95 bits per heavy atom. The van der Waals surface area contributed by atoms with E-state index in [4.69, 9.17) is 9.47 Å². The average molecular weight is 281 g/mol. The lowest BCUT2D eigenvalue weighted by Crippen LogP contribution is -2.40. The van der Waals surface area contributed by atoms with Crippen LogP contribution in [0, 0.1) is 11.7 Å². The zero-order valence-corrected chi connectivity index (χ0v) is 11.7. The van der Waals surface area contributed by atoms with Crippen LogP contribution in [0.25, 0.3) is 0 Å². The SMILES string of the molecule is CCOC(=O)N1CCC(COc2ccc(F)cc2)CC1. The normalized spacial score (nSPS) is 16.0. The Bertz CT molecular complexity index is 427. The van der Waals surface area contributed by atoms with Gasteiger partial charge in [-0.05, 0) is 49.9 Å². The molecule has 0 aliphatic carbocycles. The number of likely N-dealkylation sites (tertiary alicyclic amines) is 1. The highest BCUT2D eigenvalue weighted by molar-refractivity contribution is 5.67. The summed E-state index contributed by atoms with van der Waals surface area (Å²) in [6.45, 7) is 4.22. The minimum atomic E-state index is -0.264. The first-order valence-corrected chi connectivity index (χ1v) is 6.99. The molecule has 0 radical (unpaired) electrons. The number of halogens is 1. The molecule has 0 aromatic heterocycles. The van der Waals surface area contributed by atoms with Crippen molar-refractivity contribution in [2.75, 3.05) is 26.3 Å². The molecule has 5 heteroatoms. The van der Waals surface area contributed by atoms with Gasteiger partial charge in [0.2, 0.25) is 0 Å². The van der Waals surface area contributed by atoms with Crippen molar-refractivity contribution in [2.24, 2.45) is 5.92 Å². The molecule has 0 atom stereocenters. The summed E-state index contributed by atoms with van der Waals surface area (Å²) in [6, 6.07) is 6.03. The van der Waals surface area contributed by atoms with Gasteiger partial charge in [0, 0.05) is 13.1 Å². The molecule has 0 spiro atoms. The first kappa shape index (κ1) is 14.6. The van der Waals surface area contributed by atoms with Crippen molar-refractivity contribution in [3.05, 3.63) is 30.1 Å². The number of carbonyl (C=O) groups is 1. The predicted octanol–water partition coefficient (Wildman–Crippen LogP) is 3.07. The Kier molecular flexibility index (Phi) is 5.21. The lowest BCUT2D eigenvalue weighted by molar-refractivity contribution is 0.0845. The number of ether oxygens (including phenoxy) is 2. The molecule has 1 aromatic rings. The van der Waals surface area contributed by atoms with Gasteiger partial charge in [-0.3, -0.25) is 0 Å². The van der Waals surface area contributed by atoms with Crippen molar-refractivity contribution in [1.82, 2.24) is 4.90 Å². The summed E-state index contributed by atoms with van der Waals surface area (Å²) in [5.41, 5.74) is 0. The smallest absolute Gasteiger partial charge is 0.409 e. The molecule has 1 fully saturated rings. The second kappa shape index (κ2) is 7.12. The van der Waals surface area contributed by atoms with E-state index in [1.54, 1.807) is 24.0 Å². The fraction of sp³-hybridized carbons (Fsp3) is 0.533. The van der Waals surface area contributed by atoms with Gasteiger partial charge in [0.25, 0.3) is 0 Å². The minimum Gasteiger partial charge on any atom is -0.493 e. The quantitative estimate of drug-likeness (QED) is 0.851. The number of hydrogen-bond donors (Lipinski definition) is 0. The highest BCUT2D eigenvalue weighted by Crippen LogP contribution is 2.20. The van der Waals surface area contributed by atoms with Gasteiger partial charge in [-0.15, -0.1) is 0 Å². The predicted molar refractivity (Wildman–Crippen MR) is 73.2 cm³/mol. The molecule has 1 saturated heterocycles. The van der Waals surface area contributed by atoms with E-state index in [9.17, 15) is 9.18 Å². The number of hydrogen-bond acceptors (Lipinski definition) is 3. The average Bonchev–Trinajstić information content (AvgIpc) is 2.47. The van der Waals surface area contributed by atoms with E-state index in [1.165, 1.54) is 12.1 Å². The first-order chi connectivity index (χ1) is 9.69. The Morgan fingerprint density at radius 3 is 2.55 bits per heavy atom. The van der Waals surface area contributed by atoms with Crippen molar-refractivity contribution in [3.8, 4) is 5.75 Å². The summed E-state index contributed by atoms with van der Waals surface area (Å²) < 4.78 is 23.4. The molecule has 1 aromatic carbocycles.